The first-order valence-corrected chi connectivity index (χ1v) is 22.9. The molecule has 2 aliphatic heterocycles. The number of imidazole rings is 1. The van der Waals surface area contributed by atoms with Gasteiger partial charge in [0.05, 0.1) is 29.4 Å². The van der Waals surface area contributed by atoms with Gasteiger partial charge < -0.3 is 29.6 Å². The summed E-state index contributed by atoms with van der Waals surface area (Å²) in [6, 6.07) is 8.70. The van der Waals surface area contributed by atoms with Gasteiger partial charge in [-0.15, -0.1) is 0 Å². The lowest BCUT2D eigenvalue weighted by Gasteiger charge is -2.34. The molecule has 2 saturated heterocycles. The van der Waals surface area contributed by atoms with Crippen molar-refractivity contribution >= 4 is 45.9 Å². The number of oxazole rings is 1. The lowest BCUT2D eigenvalue weighted by atomic mass is 9.86. The number of piperidine rings is 2. The van der Waals surface area contributed by atoms with Crippen LogP contribution in [0.2, 0.25) is 0 Å². The number of amides is 3. The van der Waals surface area contributed by atoms with Crippen molar-refractivity contribution in [1.29, 1.82) is 0 Å². The molecule has 65 heavy (non-hydrogen) atoms. The summed E-state index contributed by atoms with van der Waals surface area (Å²) >= 11 is 0. The number of likely N-dealkylation sites (N-methyl/N-ethyl adjacent to an activating group) is 1. The number of benzene rings is 1. The summed E-state index contributed by atoms with van der Waals surface area (Å²) in [6.45, 7) is 5.66. The molecule has 4 aliphatic rings. The number of carbonyl (C=O) groups excluding carboxylic acids is 3. The SMILES string of the molecule is CN(CCOCC1CCN(c2ccc3c(c2)n(C)c(=O)n3C2CCC(=O)NC2=O)CC1)C[C@H]1CC[C@H](n2cc(NC(=O)c3coc(-c4ccnc(NCC5CC5)c4)n3)c(C(F)F)n2)CC1. The van der Waals surface area contributed by atoms with E-state index in [2.05, 4.69) is 47.9 Å². The molecule has 3 N–H and O–H groups in total. The molecule has 0 spiro atoms. The molecule has 346 valence electrons. The van der Waals surface area contributed by atoms with Gasteiger partial charge in [-0.3, -0.25) is 33.5 Å². The van der Waals surface area contributed by atoms with E-state index >= 15 is 0 Å². The molecule has 17 nitrogen and oxygen atoms in total. The molecule has 2 aliphatic carbocycles. The van der Waals surface area contributed by atoms with Gasteiger partial charge in [0.25, 0.3) is 12.3 Å². The van der Waals surface area contributed by atoms with Crippen LogP contribution >= 0.6 is 0 Å². The third kappa shape index (κ3) is 10.1. The summed E-state index contributed by atoms with van der Waals surface area (Å²) in [4.78, 5) is 63.9. The van der Waals surface area contributed by atoms with E-state index in [0.717, 1.165) is 82.5 Å². The van der Waals surface area contributed by atoms with E-state index in [4.69, 9.17) is 9.15 Å². The lowest BCUT2D eigenvalue weighted by molar-refractivity contribution is -0.135. The van der Waals surface area contributed by atoms with Gasteiger partial charge in [-0.2, -0.15) is 5.10 Å². The molecule has 3 amide bonds. The highest BCUT2D eigenvalue weighted by molar-refractivity contribution is 6.03. The Hall–Kier alpha value is -5.95. The van der Waals surface area contributed by atoms with Gasteiger partial charge in [0, 0.05) is 76.4 Å². The van der Waals surface area contributed by atoms with Gasteiger partial charge in [-0.25, -0.2) is 23.5 Å². The van der Waals surface area contributed by atoms with Crippen molar-refractivity contribution in [3.05, 3.63) is 70.9 Å². The summed E-state index contributed by atoms with van der Waals surface area (Å²) in [6.07, 6.45) is 9.87. The predicted molar refractivity (Wildman–Crippen MR) is 239 cm³/mol. The van der Waals surface area contributed by atoms with Crippen LogP contribution in [-0.2, 0) is 21.4 Å². The fraction of sp³-hybridized carbons (Fsp3) is 0.543. The van der Waals surface area contributed by atoms with Gasteiger partial charge in [-0.05, 0) is 113 Å². The highest BCUT2D eigenvalue weighted by Crippen LogP contribution is 2.36. The number of hydrogen-bond acceptors (Lipinski definition) is 12. The van der Waals surface area contributed by atoms with Crippen LogP contribution in [0, 0.1) is 17.8 Å². The van der Waals surface area contributed by atoms with Crippen molar-refractivity contribution < 1.29 is 32.3 Å². The fourth-order valence-corrected chi connectivity index (χ4v) is 9.51. The first kappa shape index (κ1) is 44.3. The van der Waals surface area contributed by atoms with Gasteiger partial charge in [0.2, 0.25) is 17.7 Å². The van der Waals surface area contributed by atoms with Crippen LogP contribution in [0.25, 0.3) is 22.5 Å². The number of imide groups is 1. The van der Waals surface area contributed by atoms with Crippen molar-refractivity contribution in [1.82, 2.24) is 39.1 Å². The van der Waals surface area contributed by atoms with Crippen molar-refractivity contribution in [3.63, 3.8) is 0 Å². The largest absolute Gasteiger partial charge is 0.444 e. The maximum absolute atomic E-state index is 14.2. The number of anilines is 3. The second-order valence-corrected chi connectivity index (χ2v) is 18.2. The van der Waals surface area contributed by atoms with Crippen molar-refractivity contribution in [2.45, 2.75) is 82.7 Å². The molecule has 0 radical (unpaired) electrons. The van der Waals surface area contributed by atoms with E-state index in [-0.39, 0.29) is 41.3 Å². The Kier molecular flexibility index (Phi) is 13.1. The van der Waals surface area contributed by atoms with E-state index in [9.17, 15) is 28.0 Å². The fourth-order valence-electron chi connectivity index (χ4n) is 9.51. The molecule has 1 aromatic carbocycles. The number of halogens is 2. The van der Waals surface area contributed by atoms with Gasteiger partial charge in [-0.1, -0.05) is 0 Å². The number of rotatable bonds is 17. The molecule has 6 heterocycles. The standard InChI is InChI=1S/C46H57F2N11O6/c1-55(19-20-64-26-30-14-17-57(18-15-30)33-9-10-36-38(22-33)56(2)46(63)59(36)37-11-12-40(60)53-44(37)62)24-29-5-7-32(8-6-29)58-25-34(41(54-58)42(47)48)51-43(61)35-27-65-45(52-35)31-13-16-49-39(21-31)50-23-28-3-4-28/h9-10,13,16,21-22,25,27-30,32,37,42H,3-8,11-12,14-15,17-20,23-24,26H2,1-2H3,(H,49,50)(H,51,61)(H,53,60,62)/t29-,32-,37?. The van der Waals surface area contributed by atoms with Crippen molar-refractivity contribution in [2.75, 3.05) is 68.5 Å². The molecule has 19 heteroatoms. The number of ether oxygens (including phenoxy) is 1. The third-order valence-corrected chi connectivity index (χ3v) is 13.5. The Morgan fingerprint density at radius 1 is 0.985 bits per heavy atom. The first-order valence-electron chi connectivity index (χ1n) is 22.9. The number of fused-ring (bicyclic) bond motifs is 1. The molecule has 9 rings (SSSR count). The normalized spacial score (nSPS) is 20.8. The summed E-state index contributed by atoms with van der Waals surface area (Å²) < 4.78 is 44.8. The minimum absolute atomic E-state index is 0.0291. The van der Waals surface area contributed by atoms with Crippen LogP contribution in [0.4, 0.5) is 26.0 Å². The number of aryl methyl sites for hydroxylation is 1. The zero-order valence-electron chi connectivity index (χ0n) is 36.9. The zero-order valence-corrected chi connectivity index (χ0v) is 36.9. The second-order valence-electron chi connectivity index (χ2n) is 18.2. The maximum atomic E-state index is 14.2. The third-order valence-electron chi connectivity index (χ3n) is 13.5. The number of alkyl halides is 2. The van der Waals surface area contributed by atoms with Gasteiger partial charge >= 0.3 is 5.69 Å². The van der Waals surface area contributed by atoms with Crippen molar-refractivity contribution in [2.24, 2.45) is 24.8 Å². The van der Waals surface area contributed by atoms with Crippen LogP contribution in [0.3, 0.4) is 0 Å². The summed E-state index contributed by atoms with van der Waals surface area (Å²) in [5.41, 5.74) is 2.30. The van der Waals surface area contributed by atoms with Gasteiger partial charge in [0.1, 0.15) is 18.1 Å². The summed E-state index contributed by atoms with van der Waals surface area (Å²) in [5.74, 6) is 1.10. The van der Waals surface area contributed by atoms with E-state index in [1.165, 1.54) is 29.9 Å². The van der Waals surface area contributed by atoms with Crippen LogP contribution in [0.15, 0.2) is 58.2 Å². The van der Waals surface area contributed by atoms with Crippen LogP contribution < -0.4 is 26.5 Å². The average molecular weight is 898 g/mol. The first-order chi connectivity index (χ1) is 31.5. The maximum Gasteiger partial charge on any atom is 0.329 e. The Balaban J connectivity index is 0.692. The minimum atomic E-state index is -2.87. The molecule has 4 fully saturated rings. The topological polar surface area (TPSA) is 187 Å². The molecule has 1 unspecified atom stereocenters. The molecular formula is C46H57F2N11O6. The molecule has 1 atom stereocenters. The van der Waals surface area contributed by atoms with Crippen LogP contribution in [-0.4, -0.2) is 104 Å². The minimum Gasteiger partial charge on any atom is -0.444 e. The van der Waals surface area contributed by atoms with E-state index in [1.807, 2.05) is 18.2 Å². The number of nitrogens with zero attached hydrogens (tertiary/aromatic N) is 8. The van der Waals surface area contributed by atoms with Crippen LogP contribution in [0.1, 0.15) is 98.9 Å². The smallest absolute Gasteiger partial charge is 0.329 e. The number of hydrogen-bond donors (Lipinski definition) is 3. The highest BCUT2D eigenvalue weighted by Gasteiger charge is 2.32. The molecular weight excluding hydrogens is 841 g/mol. The Labute approximate surface area is 374 Å². The summed E-state index contributed by atoms with van der Waals surface area (Å²) in [5, 5.41) is 12.5. The Morgan fingerprint density at radius 2 is 1.77 bits per heavy atom. The molecule has 5 aromatic rings. The van der Waals surface area contributed by atoms with Crippen molar-refractivity contribution in [3.8, 4) is 11.5 Å². The van der Waals surface area contributed by atoms with E-state index in [1.54, 1.807) is 34.6 Å². The van der Waals surface area contributed by atoms with Crippen LogP contribution in [0.5, 0.6) is 0 Å². The number of pyridine rings is 1. The van der Waals surface area contributed by atoms with E-state index < -0.39 is 30.0 Å². The second kappa shape index (κ2) is 19.3. The Bertz CT molecular complexity index is 2570. The number of carbonyl (C=O) groups is 3. The molecule has 2 saturated carbocycles. The molecule has 4 aromatic heterocycles. The number of nitrogens with one attached hydrogen (secondary N) is 3. The van der Waals surface area contributed by atoms with Gasteiger partial charge in [0.15, 0.2) is 11.4 Å². The predicted octanol–water partition coefficient (Wildman–Crippen LogP) is 6.17. The summed E-state index contributed by atoms with van der Waals surface area (Å²) in [7, 11) is 3.82. The van der Waals surface area contributed by atoms with E-state index in [0.29, 0.717) is 54.3 Å². The Morgan fingerprint density at radius 3 is 2.52 bits per heavy atom. The number of aromatic nitrogens is 6. The molecule has 0 bridgehead atoms. The zero-order chi connectivity index (χ0) is 45.2. The monoisotopic (exact) mass is 897 g/mol. The average Bonchev–Trinajstić information content (AvgIpc) is 3.72. The highest BCUT2D eigenvalue weighted by atomic mass is 19.3. The lowest BCUT2D eigenvalue weighted by Crippen LogP contribution is -2.44. The quantitative estimate of drug-likeness (QED) is 0.0713.